The minimum atomic E-state index is -3.94. The summed E-state index contributed by atoms with van der Waals surface area (Å²) in [6.07, 6.45) is 0. The van der Waals surface area contributed by atoms with E-state index in [2.05, 4.69) is 44.4 Å². The lowest BCUT2D eigenvalue weighted by atomic mass is 9.87. The summed E-state index contributed by atoms with van der Waals surface area (Å²) in [5.74, 6) is -0.441. The molecule has 0 saturated heterocycles. The number of hydrogen-bond acceptors (Lipinski definition) is 16. The van der Waals surface area contributed by atoms with Crippen LogP contribution in [0.5, 0.6) is 0 Å². The molecule has 0 saturated carbocycles. The lowest BCUT2D eigenvalue weighted by Gasteiger charge is -2.19. The number of fused-ring (bicyclic) bond motifs is 1. The average molecular weight is 1720 g/mol. The second-order valence-corrected chi connectivity index (χ2v) is 38.4. The normalized spacial score (nSPS) is 11.6. The van der Waals surface area contributed by atoms with Gasteiger partial charge in [-0.15, -0.1) is 0 Å². The van der Waals surface area contributed by atoms with Gasteiger partial charge < -0.3 is 0 Å². The molecule has 120 heavy (non-hydrogen) atoms. The first-order valence-electron chi connectivity index (χ1n) is 37.0. The SMILES string of the molecule is Cc1ccc(NS(=O)(=O)c2ccc(-c3ccccc3)cc2)c([N+](=O)[O-])c1.Cc1ccc(NS(=O)(=O)c2ccc(-c3ccccc3)cc2)cc1C.Cc1ccc(NS(=O)(=O)c2ccc(C(C)(C)C)cc2)c([N+](=O)[O-])c1.Cc1ccc(NS(=O)(=O)c2ccc(C(C)(C)C)cc2)cc1F.Cc1ccc(NS(=O)(=O)c2ccc3ccccc3c2)cc1[N+](=O)[O-]. The van der Waals surface area contributed by atoms with E-state index < -0.39 is 70.7 Å². The summed E-state index contributed by atoms with van der Waals surface area (Å²) in [6.45, 7) is 22.9. The Morgan fingerprint density at radius 3 is 0.967 bits per heavy atom. The van der Waals surface area contributed by atoms with E-state index in [0.29, 0.717) is 27.9 Å². The number of rotatable bonds is 20. The molecule has 13 rings (SSSR count). The maximum absolute atomic E-state index is 13.5. The van der Waals surface area contributed by atoms with E-state index in [4.69, 9.17) is 0 Å². The van der Waals surface area contributed by atoms with Crippen LogP contribution in [0.1, 0.15) is 86.1 Å². The van der Waals surface area contributed by atoms with Crippen molar-refractivity contribution < 1.29 is 61.2 Å². The van der Waals surface area contributed by atoms with Crippen molar-refractivity contribution in [3.05, 3.63) is 372 Å². The zero-order valence-corrected chi connectivity index (χ0v) is 71.6. The van der Waals surface area contributed by atoms with E-state index in [-0.39, 0.29) is 75.1 Å². The van der Waals surface area contributed by atoms with Gasteiger partial charge >= 0.3 is 0 Å². The minimum absolute atomic E-state index is 0.0343. The van der Waals surface area contributed by atoms with E-state index in [1.807, 2.05) is 144 Å². The van der Waals surface area contributed by atoms with Gasteiger partial charge in [-0.25, -0.2) is 46.5 Å². The van der Waals surface area contributed by atoms with Crippen molar-refractivity contribution in [2.24, 2.45) is 0 Å². The molecule has 0 atom stereocenters. The number of nitro benzene ring substituents is 3. The Hall–Kier alpha value is -13.0. The van der Waals surface area contributed by atoms with Crippen LogP contribution < -0.4 is 23.6 Å². The van der Waals surface area contributed by atoms with Crippen molar-refractivity contribution in [2.75, 3.05) is 23.6 Å². The summed E-state index contributed by atoms with van der Waals surface area (Å²) in [5, 5.41) is 35.0. The first-order chi connectivity index (χ1) is 56.3. The largest absolute Gasteiger partial charge is 0.293 e. The van der Waals surface area contributed by atoms with E-state index >= 15 is 0 Å². The number of aryl methyl sites for hydroxylation is 6. The Morgan fingerprint density at radius 2 is 0.592 bits per heavy atom. The third-order valence-corrected chi connectivity index (χ3v) is 25.6. The molecule has 0 aromatic heterocycles. The van der Waals surface area contributed by atoms with E-state index in [0.717, 1.165) is 55.3 Å². The fourth-order valence-electron chi connectivity index (χ4n) is 11.7. The van der Waals surface area contributed by atoms with Gasteiger partial charge in [0.05, 0.1) is 50.6 Å². The molecule has 13 aromatic carbocycles. The number of anilines is 5. The number of halogens is 1. The van der Waals surface area contributed by atoms with Crippen LogP contribution in [-0.4, -0.2) is 56.9 Å². The standard InChI is InChI=1S/C20H19NO2S.C19H16N2O4S.C17H20FNO2S.C17H14N2O4S.C17H20N2O4S/c1-15-8-11-19(14-16(15)2)21-24(22,23)20-12-9-18(10-13-20)17-6-4-3-5-7-17;1-14-7-12-18(19(13-14)21(22)23)20-26(24,25)17-10-8-16(9-11-17)15-5-3-2-4-6-15;1-12-5-8-14(11-16(12)18)19-22(20,21)15-9-6-13(7-10-15)17(2,3)4;1-12-6-8-15(11-17(12)19(20)21)18-24(22,23)16-9-7-13-4-2-3-5-14(13)10-16;1-12-5-10-15(16(11-12)19(20)21)18-24(22,23)14-8-6-13(7-9-14)17(2,3)4/h3-14,21H,1-2H3;2-13,20H,1H3;5-11,19H,1-4H3;2-11,18H,1H3;5-11,18H,1-4H3. The zero-order chi connectivity index (χ0) is 87.9. The molecule has 0 amide bonds. The summed E-state index contributed by atoms with van der Waals surface area (Å²) < 4.78 is 150. The topological polar surface area (TPSA) is 360 Å². The van der Waals surface area contributed by atoms with Gasteiger partial charge in [0.1, 0.15) is 17.2 Å². The fourth-order valence-corrected chi connectivity index (χ4v) is 17.0. The molecular formula is C90H89FN8O16S5. The second-order valence-electron chi connectivity index (χ2n) is 29.9. The Morgan fingerprint density at radius 1 is 0.275 bits per heavy atom. The predicted molar refractivity (Wildman–Crippen MR) is 473 cm³/mol. The van der Waals surface area contributed by atoms with Crippen LogP contribution in [0, 0.1) is 77.7 Å². The highest BCUT2D eigenvalue weighted by Crippen LogP contribution is 2.34. The van der Waals surface area contributed by atoms with Gasteiger partial charge in [0.2, 0.25) is 0 Å². The second kappa shape index (κ2) is 38.2. The molecule has 0 bridgehead atoms. The maximum atomic E-state index is 13.5. The van der Waals surface area contributed by atoms with E-state index in [9.17, 15) is 76.8 Å². The van der Waals surface area contributed by atoms with Crippen LogP contribution in [0.25, 0.3) is 33.0 Å². The first kappa shape index (κ1) is 90.9. The van der Waals surface area contributed by atoms with Crippen LogP contribution in [0.3, 0.4) is 0 Å². The summed E-state index contributed by atoms with van der Waals surface area (Å²) in [6, 6.07) is 80.8. The molecule has 0 heterocycles. The molecule has 0 radical (unpaired) electrons. The molecule has 13 aromatic rings. The molecule has 0 spiro atoms. The molecule has 0 aliphatic rings. The molecule has 622 valence electrons. The molecule has 5 N–H and O–H groups in total. The molecular weight excluding hydrogens is 1630 g/mol. The molecule has 0 fully saturated rings. The number of hydrogen-bond donors (Lipinski definition) is 5. The Kier molecular flexibility index (Phi) is 28.9. The molecule has 30 heteroatoms. The predicted octanol–water partition coefficient (Wildman–Crippen LogP) is 21.2. The van der Waals surface area contributed by atoms with E-state index in [1.54, 1.807) is 125 Å². The Bertz CT molecular complexity index is 6520. The highest BCUT2D eigenvalue weighted by atomic mass is 32.2. The number of sulfonamides is 5. The van der Waals surface area contributed by atoms with Crippen molar-refractivity contribution >= 4 is 106 Å². The molecule has 24 nitrogen and oxygen atoms in total. The van der Waals surface area contributed by atoms with Gasteiger partial charge in [-0.3, -0.25) is 54.0 Å². The summed E-state index contributed by atoms with van der Waals surface area (Å²) >= 11 is 0. The quantitative estimate of drug-likeness (QED) is 0.0349. The zero-order valence-electron chi connectivity index (χ0n) is 67.5. The summed E-state index contributed by atoms with van der Waals surface area (Å²) in [4.78, 5) is 32.1. The highest BCUT2D eigenvalue weighted by Gasteiger charge is 2.26. The number of nitro groups is 3. The maximum Gasteiger partial charge on any atom is 0.293 e. The van der Waals surface area contributed by atoms with Gasteiger partial charge in [0.25, 0.3) is 67.2 Å². The molecule has 0 aliphatic carbocycles. The highest BCUT2D eigenvalue weighted by molar-refractivity contribution is 7.94. The number of benzene rings is 13. The van der Waals surface area contributed by atoms with Crippen molar-refractivity contribution in [3.63, 3.8) is 0 Å². The first-order valence-corrected chi connectivity index (χ1v) is 44.4. The Balaban J connectivity index is 0.000000171. The van der Waals surface area contributed by atoms with Crippen molar-refractivity contribution in [3.8, 4) is 22.3 Å². The van der Waals surface area contributed by atoms with Crippen LogP contribution in [-0.2, 0) is 60.9 Å². The Labute approximate surface area is 699 Å². The van der Waals surface area contributed by atoms with Gasteiger partial charge in [-0.05, 0) is 227 Å². The molecule has 0 unspecified atom stereocenters. The van der Waals surface area contributed by atoms with E-state index in [1.165, 1.54) is 84.9 Å². The van der Waals surface area contributed by atoms with Crippen molar-refractivity contribution in [2.45, 2.75) is 118 Å². The monoisotopic (exact) mass is 1720 g/mol. The van der Waals surface area contributed by atoms with Crippen LogP contribution >= 0.6 is 0 Å². The van der Waals surface area contributed by atoms with Gasteiger partial charge in [0.15, 0.2) is 0 Å². The smallest absolute Gasteiger partial charge is 0.280 e. The summed E-state index contributed by atoms with van der Waals surface area (Å²) in [7, 11) is -19.0. The third-order valence-electron chi connectivity index (χ3n) is 18.7. The molecule has 0 aliphatic heterocycles. The fraction of sp³-hybridized carbons (Fsp3) is 0.156. The van der Waals surface area contributed by atoms with Crippen LogP contribution in [0.4, 0.5) is 49.9 Å². The minimum Gasteiger partial charge on any atom is -0.280 e. The third kappa shape index (κ3) is 24.6. The van der Waals surface area contributed by atoms with Crippen LogP contribution in [0.2, 0.25) is 0 Å². The van der Waals surface area contributed by atoms with Crippen molar-refractivity contribution in [1.29, 1.82) is 0 Å². The lowest BCUT2D eigenvalue weighted by Crippen LogP contribution is -2.15. The van der Waals surface area contributed by atoms with Crippen LogP contribution in [0.15, 0.2) is 316 Å². The number of nitrogens with zero attached hydrogens (tertiary/aromatic N) is 3. The van der Waals surface area contributed by atoms with Gasteiger partial charge in [-0.1, -0.05) is 211 Å². The van der Waals surface area contributed by atoms with Gasteiger partial charge in [0, 0.05) is 29.4 Å². The summed E-state index contributed by atoms with van der Waals surface area (Å²) in [5.41, 5.74) is 10.4. The average Bonchev–Trinajstić information content (AvgIpc) is 0.823. The lowest BCUT2D eigenvalue weighted by molar-refractivity contribution is -0.385. The number of nitrogens with one attached hydrogen (secondary N) is 5. The van der Waals surface area contributed by atoms with Gasteiger partial charge in [-0.2, -0.15) is 0 Å². The van der Waals surface area contributed by atoms with Crippen molar-refractivity contribution in [1.82, 2.24) is 0 Å².